The molecule has 4 nitrogen and oxygen atoms in total. The second kappa shape index (κ2) is 6.76. The van der Waals surface area contributed by atoms with Crippen molar-refractivity contribution in [3.63, 3.8) is 0 Å². The molecule has 122 valence electrons. The van der Waals surface area contributed by atoms with Gasteiger partial charge in [0.1, 0.15) is 3.55 Å². The molecule has 3 aromatic rings. The van der Waals surface area contributed by atoms with Gasteiger partial charge in [0, 0.05) is 16.1 Å². The van der Waals surface area contributed by atoms with Crippen LogP contribution in [0.2, 0.25) is 0 Å². The van der Waals surface area contributed by atoms with Gasteiger partial charge in [0.25, 0.3) is 5.91 Å². The number of halogens is 2. The molecular weight excluding hydrogens is 481 g/mol. The first-order valence-corrected chi connectivity index (χ1v) is 9.24. The molecule has 2 aromatic heterocycles. The van der Waals surface area contributed by atoms with Gasteiger partial charge in [-0.05, 0) is 72.3 Å². The van der Waals surface area contributed by atoms with Gasteiger partial charge in [-0.3, -0.25) is 4.79 Å². The average molecular weight is 496 g/mol. The number of aromatic nitrogens is 2. The molecule has 1 N–H and O–H groups in total. The number of aryl methyl sites for hydroxylation is 1. The number of rotatable bonds is 3. The van der Waals surface area contributed by atoms with Crippen molar-refractivity contribution in [3.05, 3.63) is 70.0 Å². The molecule has 1 atom stereocenters. The molecule has 0 radical (unpaired) electrons. The summed E-state index contributed by atoms with van der Waals surface area (Å²) in [6.45, 7) is 3.80. The molecule has 0 saturated heterocycles. The lowest BCUT2D eigenvalue weighted by Gasteiger charge is -2.25. The van der Waals surface area contributed by atoms with E-state index in [1.54, 1.807) is 6.20 Å². The van der Waals surface area contributed by atoms with E-state index in [9.17, 15) is 4.79 Å². The van der Waals surface area contributed by atoms with Crippen LogP contribution in [0.15, 0.2) is 53.1 Å². The molecule has 24 heavy (non-hydrogen) atoms. The fraction of sp³-hybridized carbons (Fsp3) is 0.167. The molecule has 0 fully saturated rings. The Bertz CT molecular complexity index is 910. The molecule has 2 heterocycles. The van der Waals surface area contributed by atoms with Crippen molar-refractivity contribution in [3.8, 4) is 0 Å². The van der Waals surface area contributed by atoms with Gasteiger partial charge >= 0.3 is 0 Å². The van der Waals surface area contributed by atoms with E-state index in [0.717, 1.165) is 15.4 Å². The van der Waals surface area contributed by atoms with Gasteiger partial charge in [0.2, 0.25) is 0 Å². The van der Waals surface area contributed by atoms with Gasteiger partial charge in [-0.25, -0.2) is 9.97 Å². The monoisotopic (exact) mass is 495 g/mol. The molecule has 0 saturated carbocycles. The quantitative estimate of drug-likeness (QED) is 0.324. The number of hydrogen-bond donors (Lipinski definition) is 1. The van der Waals surface area contributed by atoms with Crippen LogP contribution in [0.25, 0.3) is 11.0 Å². The summed E-state index contributed by atoms with van der Waals surface area (Å²) >= 11 is 5.67. The summed E-state index contributed by atoms with van der Waals surface area (Å²) in [5.41, 5.74) is 2.90. The zero-order chi connectivity index (χ0) is 17.3. The molecule has 1 aromatic carbocycles. The van der Waals surface area contributed by atoms with Crippen molar-refractivity contribution in [1.82, 2.24) is 15.3 Å². The summed E-state index contributed by atoms with van der Waals surface area (Å²) in [6.07, 6.45) is 1.70. The van der Waals surface area contributed by atoms with Crippen molar-refractivity contribution in [2.24, 2.45) is 0 Å². The molecule has 1 amide bonds. The highest BCUT2D eigenvalue weighted by atomic mass is 127. The van der Waals surface area contributed by atoms with E-state index in [1.165, 1.54) is 0 Å². The van der Waals surface area contributed by atoms with E-state index >= 15 is 0 Å². The van der Waals surface area contributed by atoms with E-state index in [4.69, 9.17) is 0 Å². The molecule has 0 aliphatic rings. The Hall–Kier alpha value is -1.54. The Morgan fingerprint density at radius 3 is 2.67 bits per heavy atom. The first kappa shape index (κ1) is 17.3. The zero-order valence-corrected chi connectivity index (χ0v) is 16.9. The normalized spacial score (nSPS) is 13.5. The van der Waals surface area contributed by atoms with Gasteiger partial charge in [0.15, 0.2) is 5.65 Å². The third-order valence-electron chi connectivity index (χ3n) is 3.76. The molecule has 0 aliphatic carbocycles. The fourth-order valence-electron chi connectivity index (χ4n) is 2.44. The Balaban J connectivity index is 1.91. The first-order chi connectivity index (χ1) is 11.4. The molecule has 6 heteroatoms. The van der Waals surface area contributed by atoms with Crippen LogP contribution in [0.4, 0.5) is 0 Å². The average Bonchev–Trinajstić information content (AvgIpc) is 2.54. The molecule has 0 spiro atoms. The third kappa shape index (κ3) is 3.59. The largest absolute Gasteiger partial charge is 0.334 e. The van der Waals surface area contributed by atoms with E-state index in [1.807, 2.05) is 56.3 Å². The topological polar surface area (TPSA) is 54.9 Å². The predicted octanol–water partition coefficient (Wildman–Crippen LogP) is 4.74. The minimum absolute atomic E-state index is 0.148. The molecule has 0 bridgehead atoms. The van der Waals surface area contributed by atoms with E-state index in [2.05, 4.69) is 53.8 Å². The summed E-state index contributed by atoms with van der Waals surface area (Å²) in [7, 11) is 0. The van der Waals surface area contributed by atoms with Crippen LogP contribution in [-0.4, -0.2) is 15.9 Å². The lowest BCUT2D eigenvalue weighted by atomic mass is 10.1. The van der Waals surface area contributed by atoms with Gasteiger partial charge in [-0.1, -0.05) is 28.1 Å². The highest BCUT2D eigenvalue weighted by Crippen LogP contribution is 2.30. The highest BCUT2D eigenvalue weighted by molar-refractivity contribution is 14.1. The standard InChI is InChI=1S/C18H15BrIN3O/c1-11-15(10-12-4-3-9-21-16(12)22-11)17(24)23-18(2,20)13-5-7-14(19)8-6-13/h3-10H,1-2H3,(H,23,24). The van der Waals surface area contributed by atoms with Crippen molar-refractivity contribution in [2.45, 2.75) is 17.4 Å². The zero-order valence-electron chi connectivity index (χ0n) is 13.2. The van der Waals surface area contributed by atoms with E-state index < -0.39 is 3.55 Å². The van der Waals surface area contributed by atoms with Crippen molar-refractivity contribution >= 4 is 55.5 Å². The van der Waals surface area contributed by atoms with Crippen LogP contribution in [0.5, 0.6) is 0 Å². The predicted molar refractivity (Wildman–Crippen MR) is 107 cm³/mol. The highest BCUT2D eigenvalue weighted by Gasteiger charge is 2.26. The molecule has 0 aliphatic heterocycles. The molecular formula is C18H15BrIN3O. The molecule has 1 unspecified atom stereocenters. The van der Waals surface area contributed by atoms with E-state index in [0.29, 0.717) is 16.9 Å². The number of hydrogen-bond acceptors (Lipinski definition) is 3. The minimum atomic E-state index is -0.522. The number of alkyl halides is 1. The van der Waals surface area contributed by atoms with Gasteiger partial charge in [-0.15, -0.1) is 0 Å². The van der Waals surface area contributed by atoms with Crippen LogP contribution in [-0.2, 0) is 3.55 Å². The Morgan fingerprint density at radius 2 is 1.96 bits per heavy atom. The maximum atomic E-state index is 12.8. The summed E-state index contributed by atoms with van der Waals surface area (Å²) in [4.78, 5) is 21.4. The number of fused-ring (bicyclic) bond motifs is 1. The fourth-order valence-corrected chi connectivity index (χ4v) is 3.31. The SMILES string of the molecule is Cc1nc2ncccc2cc1C(=O)NC(C)(I)c1ccc(Br)cc1. The van der Waals surface area contributed by atoms with Gasteiger partial charge in [0.05, 0.1) is 11.3 Å². The lowest BCUT2D eigenvalue weighted by Crippen LogP contribution is -2.38. The molecule has 3 rings (SSSR count). The summed E-state index contributed by atoms with van der Waals surface area (Å²) < 4.78 is 0.484. The Kier molecular flexibility index (Phi) is 4.87. The van der Waals surface area contributed by atoms with Crippen LogP contribution in [0, 0.1) is 6.92 Å². The summed E-state index contributed by atoms with van der Waals surface area (Å²) in [5.74, 6) is -0.148. The number of carbonyl (C=O) groups is 1. The summed E-state index contributed by atoms with van der Waals surface area (Å²) in [6, 6.07) is 13.5. The van der Waals surface area contributed by atoms with Crippen LogP contribution in [0.3, 0.4) is 0 Å². The maximum Gasteiger partial charge on any atom is 0.254 e. The number of nitrogens with one attached hydrogen (secondary N) is 1. The second-order valence-corrected chi connectivity index (χ2v) is 8.71. The van der Waals surface area contributed by atoms with Crippen molar-refractivity contribution in [1.29, 1.82) is 0 Å². The minimum Gasteiger partial charge on any atom is -0.334 e. The van der Waals surface area contributed by atoms with Crippen molar-refractivity contribution < 1.29 is 4.79 Å². The first-order valence-electron chi connectivity index (χ1n) is 7.37. The number of benzene rings is 1. The van der Waals surface area contributed by atoms with Crippen LogP contribution >= 0.6 is 38.5 Å². The number of pyridine rings is 2. The lowest BCUT2D eigenvalue weighted by molar-refractivity contribution is 0.0935. The number of nitrogens with zero attached hydrogens (tertiary/aromatic N) is 2. The summed E-state index contributed by atoms with van der Waals surface area (Å²) in [5, 5.41) is 3.94. The van der Waals surface area contributed by atoms with Gasteiger partial charge in [-0.2, -0.15) is 0 Å². The van der Waals surface area contributed by atoms with Crippen molar-refractivity contribution in [2.75, 3.05) is 0 Å². The number of amides is 1. The third-order valence-corrected chi connectivity index (χ3v) is 5.18. The van der Waals surface area contributed by atoms with E-state index in [-0.39, 0.29) is 5.91 Å². The van der Waals surface area contributed by atoms with Gasteiger partial charge < -0.3 is 5.32 Å². The second-order valence-electron chi connectivity index (χ2n) is 5.64. The smallest absolute Gasteiger partial charge is 0.254 e. The maximum absolute atomic E-state index is 12.8. The van der Waals surface area contributed by atoms with Crippen LogP contribution < -0.4 is 5.32 Å². The number of carbonyl (C=O) groups excluding carboxylic acids is 1. The van der Waals surface area contributed by atoms with Crippen LogP contribution in [0.1, 0.15) is 28.5 Å². The Labute approximate surface area is 162 Å². The Morgan fingerprint density at radius 1 is 1.25 bits per heavy atom.